The summed E-state index contributed by atoms with van der Waals surface area (Å²) in [5.41, 5.74) is 2.59. The lowest BCUT2D eigenvalue weighted by atomic mass is 10.1. The van der Waals surface area contributed by atoms with E-state index >= 15 is 0 Å². The number of nitrogens with zero attached hydrogens (tertiary/aromatic N) is 3. The minimum absolute atomic E-state index is 0.0677. The fourth-order valence-corrected chi connectivity index (χ4v) is 2.87. The Bertz CT molecular complexity index is 779. The predicted octanol–water partition coefficient (Wildman–Crippen LogP) is 3.42. The van der Waals surface area contributed by atoms with Crippen LogP contribution in [0.25, 0.3) is 11.4 Å². The maximum absolute atomic E-state index is 12.5. The van der Waals surface area contributed by atoms with Crippen molar-refractivity contribution >= 4 is 11.6 Å². The standard InChI is InChI=1S/C19H24N4O2/c1-4-16-11-17(25-22-16)12-21-19(24)15-7-5-6-14(10-15)18-20-8-9-23(18)13(2)3/h5-10,13,17H,4,11-12H2,1-3H3,(H,21,24)/t17-/m1/s1. The average molecular weight is 340 g/mol. The Kier molecular flexibility index (Phi) is 5.16. The molecule has 1 N–H and O–H groups in total. The molecule has 0 saturated heterocycles. The highest BCUT2D eigenvalue weighted by Gasteiger charge is 2.20. The Morgan fingerprint density at radius 3 is 3.00 bits per heavy atom. The second-order valence-corrected chi connectivity index (χ2v) is 6.49. The number of aromatic nitrogens is 2. The summed E-state index contributed by atoms with van der Waals surface area (Å²) in [6.45, 7) is 6.72. The van der Waals surface area contributed by atoms with Crippen LogP contribution in [0.5, 0.6) is 0 Å². The minimum atomic E-state index is -0.113. The van der Waals surface area contributed by atoms with Gasteiger partial charge in [-0.3, -0.25) is 4.79 Å². The maximum atomic E-state index is 12.5. The van der Waals surface area contributed by atoms with Crippen molar-refractivity contribution in [1.82, 2.24) is 14.9 Å². The number of imidazole rings is 1. The fourth-order valence-electron chi connectivity index (χ4n) is 2.87. The van der Waals surface area contributed by atoms with Crippen LogP contribution in [0.2, 0.25) is 0 Å². The first-order chi connectivity index (χ1) is 12.1. The molecule has 1 aromatic heterocycles. The molecule has 1 amide bonds. The number of nitrogens with one attached hydrogen (secondary N) is 1. The molecule has 132 valence electrons. The molecule has 0 unspecified atom stereocenters. The van der Waals surface area contributed by atoms with Crippen LogP contribution in [0.4, 0.5) is 0 Å². The highest BCUT2D eigenvalue weighted by Crippen LogP contribution is 2.22. The molecule has 25 heavy (non-hydrogen) atoms. The predicted molar refractivity (Wildman–Crippen MR) is 97.6 cm³/mol. The number of amides is 1. The van der Waals surface area contributed by atoms with Gasteiger partial charge in [-0.25, -0.2) is 4.98 Å². The molecule has 2 heterocycles. The number of carbonyl (C=O) groups is 1. The summed E-state index contributed by atoms with van der Waals surface area (Å²) in [4.78, 5) is 22.2. The molecule has 1 aromatic carbocycles. The summed E-state index contributed by atoms with van der Waals surface area (Å²) in [5.74, 6) is 0.753. The van der Waals surface area contributed by atoms with E-state index in [1.165, 1.54) is 0 Å². The van der Waals surface area contributed by atoms with Crippen LogP contribution in [0.1, 0.15) is 50.0 Å². The lowest BCUT2D eigenvalue weighted by Crippen LogP contribution is -2.32. The highest BCUT2D eigenvalue weighted by molar-refractivity contribution is 5.95. The van der Waals surface area contributed by atoms with Gasteiger partial charge in [-0.1, -0.05) is 24.2 Å². The zero-order chi connectivity index (χ0) is 17.8. The molecule has 0 fully saturated rings. The molecule has 3 rings (SSSR count). The van der Waals surface area contributed by atoms with Gasteiger partial charge in [0.05, 0.1) is 12.3 Å². The molecule has 0 aliphatic carbocycles. The third kappa shape index (κ3) is 3.90. The molecule has 0 saturated carbocycles. The van der Waals surface area contributed by atoms with Crippen molar-refractivity contribution < 1.29 is 9.63 Å². The van der Waals surface area contributed by atoms with Crippen molar-refractivity contribution in [2.24, 2.45) is 5.16 Å². The van der Waals surface area contributed by atoms with E-state index in [-0.39, 0.29) is 12.0 Å². The van der Waals surface area contributed by atoms with Crippen molar-refractivity contribution in [3.05, 3.63) is 42.2 Å². The van der Waals surface area contributed by atoms with Crippen LogP contribution < -0.4 is 5.32 Å². The minimum Gasteiger partial charge on any atom is -0.390 e. The van der Waals surface area contributed by atoms with Gasteiger partial charge in [-0.15, -0.1) is 0 Å². The summed E-state index contributed by atoms with van der Waals surface area (Å²) >= 11 is 0. The lowest BCUT2D eigenvalue weighted by molar-refractivity contribution is 0.0753. The van der Waals surface area contributed by atoms with Crippen molar-refractivity contribution in [2.75, 3.05) is 6.54 Å². The SMILES string of the molecule is CCC1=NO[C@@H](CNC(=O)c2cccc(-c3nccn3C(C)C)c2)C1. The van der Waals surface area contributed by atoms with Crippen LogP contribution in [0, 0.1) is 0 Å². The molecule has 1 aliphatic rings. The van der Waals surface area contributed by atoms with E-state index in [9.17, 15) is 4.79 Å². The van der Waals surface area contributed by atoms with E-state index in [0.29, 0.717) is 18.2 Å². The van der Waals surface area contributed by atoms with Crippen molar-refractivity contribution in [2.45, 2.75) is 45.8 Å². The van der Waals surface area contributed by atoms with E-state index in [4.69, 9.17) is 4.84 Å². The van der Waals surface area contributed by atoms with E-state index < -0.39 is 0 Å². The largest absolute Gasteiger partial charge is 0.390 e. The van der Waals surface area contributed by atoms with Gasteiger partial charge in [0.1, 0.15) is 11.9 Å². The van der Waals surface area contributed by atoms with E-state index in [2.05, 4.69) is 40.8 Å². The third-order valence-corrected chi connectivity index (χ3v) is 4.30. The van der Waals surface area contributed by atoms with E-state index in [0.717, 1.165) is 29.9 Å². The molecular formula is C19H24N4O2. The zero-order valence-electron chi connectivity index (χ0n) is 14.9. The topological polar surface area (TPSA) is 68.5 Å². The smallest absolute Gasteiger partial charge is 0.251 e. The molecule has 6 heteroatoms. The van der Waals surface area contributed by atoms with Crippen LogP contribution >= 0.6 is 0 Å². The first-order valence-corrected chi connectivity index (χ1v) is 8.71. The van der Waals surface area contributed by atoms with Gasteiger partial charge in [0.15, 0.2) is 0 Å². The molecule has 6 nitrogen and oxygen atoms in total. The van der Waals surface area contributed by atoms with Crippen molar-refractivity contribution in [3.63, 3.8) is 0 Å². The van der Waals surface area contributed by atoms with E-state index in [1.807, 2.05) is 30.5 Å². The lowest BCUT2D eigenvalue weighted by Gasteiger charge is -2.13. The normalized spacial score (nSPS) is 16.6. The summed E-state index contributed by atoms with van der Waals surface area (Å²) in [5, 5.41) is 6.95. The Morgan fingerprint density at radius 1 is 1.44 bits per heavy atom. The first-order valence-electron chi connectivity index (χ1n) is 8.71. The van der Waals surface area contributed by atoms with Gasteiger partial charge < -0.3 is 14.7 Å². The zero-order valence-corrected chi connectivity index (χ0v) is 14.9. The summed E-state index contributed by atoms with van der Waals surface area (Å²) in [6.07, 6.45) is 5.33. The van der Waals surface area contributed by atoms with E-state index in [1.54, 1.807) is 6.20 Å². The third-order valence-electron chi connectivity index (χ3n) is 4.30. The number of oxime groups is 1. The van der Waals surface area contributed by atoms with Crippen LogP contribution in [0.15, 0.2) is 41.8 Å². The molecule has 0 radical (unpaired) electrons. The highest BCUT2D eigenvalue weighted by atomic mass is 16.6. The second-order valence-electron chi connectivity index (χ2n) is 6.49. The molecule has 2 aromatic rings. The number of hydrogen-bond donors (Lipinski definition) is 1. The monoisotopic (exact) mass is 340 g/mol. The number of rotatable bonds is 6. The second kappa shape index (κ2) is 7.51. The quantitative estimate of drug-likeness (QED) is 0.876. The van der Waals surface area contributed by atoms with Gasteiger partial charge in [-0.2, -0.15) is 0 Å². The fraction of sp³-hybridized carbons (Fsp3) is 0.421. The summed E-state index contributed by atoms with van der Waals surface area (Å²) < 4.78 is 2.09. The first kappa shape index (κ1) is 17.2. The number of hydrogen-bond acceptors (Lipinski definition) is 4. The van der Waals surface area contributed by atoms with Gasteiger partial charge in [0.2, 0.25) is 0 Å². The van der Waals surface area contributed by atoms with Gasteiger partial charge in [0.25, 0.3) is 5.91 Å². The van der Waals surface area contributed by atoms with Gasteiger partial charge >= 0.3 is 0 Å². The molecule has 0 spiro atoms. The molecule has 1 atom stereocenters. The molecular weight excluding hydrogens is 316 g/mol. The van der Waals surface area contributed by atoms with Crippen LogP contribution in [-0.2, 0) is 4.84 Å². The average Bonchev–Trinajstić information content (AvgIpc) is 3.29. The Labute approximate surface area is 147 Å². The number of carbonyl (C=O) groups excluding carboxylic acids is 1. The van der Waals surface area contributed by atoms with Crippen molar-refractivity contribution in [1.29, 1.82) is 0 Å². The molecule has 1 aliphatic heterocycles. The van der Waals surface area contributed by atoms with Gasteiger partial charge in [0, 0.05) is 36.0 Å². The number of benzene rings is 1. The van der Waals surface area contributed by atoms with Gasteiger partial charge in [-0.05, 0) is 32.4 Å². The Hall–Kier alpha value is -2.63. The Balaban J connectivity index is 1.67. The van der Waals surface area contributed by atoms with Crippen LogP contribution in [-0.4, -0.2) is 33.8 Å². The molecule has 0 bridgehead atoms. The van der Waals surface area contributed by atoms with Crippen LogP contribution in [0.3, 0.4) is 0 Å². The van der Waals surface area contributed by atoms with Crippen molar-refractivity contribution in [3.8, 4) is 11.4 Å². The maximum Gasteiger partial charge on any atom is 0.251 e. The summed E-state index contributed by atoms with van der Waals surface area (Å²) in [6, 6.07) is 7.85. The summed E-state index contributed by atoms with van der Waals surface area (Å²) in [7, 11) is 0. The Morgan fingerprint density at radius 2 is 2.28 bits per heavy atom.